The molecule has 2 N–H and O–H groups in total. The number of benzene rings is 1. The van der Waals surface area contributed by atoms with Gasteiger partial charge < -0.3 is 15.2 Å². The molecule has 0 bridgehead atoms. The molecule has 6 heteroatoms. The van der Waals surface area contributed by atoms with Crippen LogP contribution in [0.4, 0.5) is 0 Å². The van der Waals surface area contributed by atoms with E-state index in [2.05, 4.69) is 5.32 Å². The van der Waals surface area contributed by atoms with E-state index in [1.165, 1.54) is 0 Å². The molecule has 0 aliphatic heterocycles. The highest BCUT2D eigenvalue weighted by molar-refractivity contribution is 6.42. The van der Waals surface area contributed by atoms with Crippen LogP contribution in [0.3, 0.4) is 0 Å². The first kappa shape index (κ1) is 15.4. The van der Waals surface area contributed by atoms with E-state index in [1.807, 2.05) is 0 Å². The molecule has 1 amide bonds. The van der Waals surface area contributed by atoms with Crippen LogP contribution in [0.15, 0.2) is 18.2 Å². The van der Waals surface area contributed by atoms with Crippen LogP contribution in [0.5, 0.6) is 5.75 Å². The Balaban J connectivity index is 1.85. The Hall–Kier alpha value is -0.970. The van der Waals surface area contributed by atoms with Crippen molar-refractivity contribution in [3.63, 3.8) is 0 Å². The number of carbonyl (C=O) groups is 1. The van der Waals surface area contributed by atoms with Gasteiger partial charge in [-0.1, -0.05) is 23.2 Å². The first-order valence-corrected chi connectivity index (χ1v) is 7.27. The summed E-state index contributed by atoms with van der Waals surface area (Å²) >= 11 is 11.7. The summed E-state index contributed by atoms with van der Waals surface area (Å²) in [4.78, 5) is 11.9. The van der Waals surface area contributed by atoms with Crippen molar-refractivity contribution in [1.82, 2.24) is 5.32 Å². The van der Waals surface area contributed by atoms with Crippen molar-refractivity contribution in [3.8, 4) is 5.75 Å². The van der Waals surface area contributed by atoms with Gasteiger partial charge in [0.2, 0.25) is 0 Å². The second kappa shape index (κ2) is 6.20. The van der Waals surface area contributed by atoms with Gasteiger partial charge in [0.05, 0.1) is 15.6 Å². The van der Waals surface area contributed by atoms with Crippen molar-refractivity contribution in [2.45, 2.75) is 37.9 Å². The molecule has 0 radical (unpaired) electrons. The number of amides is 1. The molecule has 1 fully saturated rings. The van der Waals surface area contributed by atoms with Crippen molar-refractivity contribution < 1.29 is 14.6 Å². The molecule has 0 spiro atoms. The molecule has 1 atom stereocenters. The van der Waals surface area contributed by atoms with Gasteiger partial charge in [-0.15, -0.1) is 0 Å². The highest BCUT2D eigenvalue weighted by atomic mass is 35.5. The summed E-state index contributed by atoms with van der Waals surface area (Å²) in [6.45, 7) is 1.91. The summed E-state index contributed by atoms with van der Waals surface area (Å²) in [6.07, 6.45) is 1.79. The maximum Gasteiger partial charge on any atom is 0.260 e. The van der Waals surface area contributed by atoms with E-state index < -0.39 is 11.7 Å². The molecule has 1 saturated carbocycles. The Morgan fingerprint density at radius 2 is 2.15 bits per heavy atom. The largest absolute Gasteiger partial charge is 0.481 e. The fourth-order valence-corrected chi connectivity index (χ4v) is 2.25. The Kier molecular flexibility index (Phi) is 4.78. The number of carbonyl (C=O) groups excluding carboxylic acids is 1. The minimum absolute atomic E-state index is 0.265. The molecule has 1 aliphatic rings. The monoisotopic (exact) mass is 317 g/mol. The van der Waals surface area contributed by atoms with Crippen LogP contribution in [0.2, 0.25) is 10.0 Å². The van der Waals surface area contributed by atoms with Crippen molar-refractivity contribution in [2.24, 2.45) is 0 Å². The van der Waals surface area contributed by atoms with Gasteiger partial charge in [-0.25, -0.2) is 0 Å². The lowest BCUT2D eigenvalue weighted by Crippen LogP contribution is -2.50. The molecule has 1 aromatic rings. The van der Waals surface area contributed by atoms with Gasteiger partial charge in [0.15, 0.2) is 6.10 Å². The van der Waals surface area contributed by atoms with Crippen LogP contribution in [-0.4, -0.2) is 29.3 Å². The van der Waals surface area contributed by atoms with E-state index in [0.717, 1.165) is 19.3 Å². The van der Waals surface area contributed by atoms with Gasteiger partial charge in [-0.2, -0.15) is 0 Å². The van der Waals surface area contributed by atoms with E-state index in [0.29, 0.717) is 15.8 Å². The van der Waals surface area contributed by atoms with Gasteiger partial charge >= 0.3 is 0 Å². The Labute approximate surface area is 128 Å². The molecule has 0 saturated heterocycles. The van der Waals surface area contributed by atoms with Crippen LogP contribution in [0.25, 0.3) is 0 Å². The normalized spacial score (nSPS) is 18.0. The molecular weight excluding hydrogens is 301 g/mol. The molecular formula is C14H17Cl2NO3. The number of ether oxygens (including phenoxy) is 1. The summed E-state index contributed by atoms with van der Waals surface area (Å²) in [5.74, 6) is 0.209. The molecule has 0 heterocycles. The van der Waals surface area contributed by atoms with Crippen LogP contribution in [0, 0.1) is 0 Å². The standard InChI is InChI=1S/C14H17Cl2NO3/c1-9(13(18)17-8-14(19)5-2-6-14)20-10-3-4-11(15)12(16)7-10/h3-4,7,9,19H,2,5-6,8H2,1H3,(H,17,18)/t9-/m0/s1. The summed E-state index contributed by atoms with van der Waals surface area (Å²) in [7, 11) is 0. The van der Waals surface area contributed by atoms with Gasteiger partial charge in [-0.05, 0) is 38.3 Å². The highest BCUT2D eigenvalue weighted by Gasteiger charge is 2.35. The Bertz CT molecular complexity index is 503. The van der Waals surface area contributed by atoms with Crippen molar-refractivity contribution in [2.75, 3.05) is 6.54 Å². The summed E-state index contributed by atoms with van der Waals surface area (Å²) in [5, 5.41) is 13.4. The van der Waals surface area contributed by atoms with E-state index in [9.17, 15) is 9.90 Å². The van der Waals surface area contributed by atoms with E-state index >= 15 is 0 Å². The zero-order valence-electron chi connectivity index (χ0n) is 11.2. The van der Waals surface area contributed by atoms with Crippen LogP contribution >= 0.6 is 23.2 Å². The van der Waals surface area contributed by atoms with Gasteiger partial charge in [0.1, 0.15) is 5.75 Å². The van der Waals surface area contributed by atoms with Crippen molar-refractivity contribution in [1.29, 1.82) is 0 Å². The summed E-state index contributed by atoms with van der Waals surface area (Å²) in [5.41, 5.74) is -0.737. The maximum atomic E-state index is 11.9. The molecule has 0 unspecified atom stereocenters. The minimum Gasteiger partial charge on any atom is -0.481 e. The number of nitrogens with one attached hydrogen (secondary N) is 1. The molecule has 110 valence electrons. The van der Waals surface area contributed by atoms with Crippen LogP contribution < -0.4 is 10.1 Å². The van der Waals surface area contributed by atoms with Crippen LogP contribution in [-0.2, 0) is 4.79 Å². The van der Waals surface area contributed by atoms with E-state index in [1.54, 1.807) is 25.1 Å². The molecule has 0 aromatic heterocycles. The first-order valence-electron chi connectivity index (χ1n) is 6.51. The maximum absolute atomic E-state index is 11.9. The molecule has 1 aliphatic carbocycles. The fourth-order valence-electron chi connectivity index (χ4n) is 1.96. The Morgan fingerprint density at radius 1 is 1.45 bits per heavy atom. The first-order chi connectivity index (χ1) is 9.39. The third kappa shape index (κ3) is 3.78. The lowest BCUT2D eigenvalue weighted by Gasteiger charge is -2.36. The zero-order valence-corrected chi connectivity index (χ0v) is 12.7. The minimum atomic E-state index is -0.737. The SMILES string of the molecule is C[C@H](Oc1ccc(Cl)c(Cl)c1)C(=O)NCC1(O)CCC1. The second-order valence-corrected chi connectivity index (χ2v) is 5.95. The van der Waals surface area contributed by atoms with Crippen molar-refractivity contribution >= 4 is 29.1 Å². The lowest BCUT2D eigenvalue weighted by molar-refractivity contribution is -0.129. The number of hydrogen-bond donors (Lipinski definition) is 2. The third-order valence-corrected chi connectivity index (χ3v) is 4.19. The van der Waals surface area contributed by atoms with Gasteiger partial charge in [-0.3, -0.25) is 4.79 Å². The number of halogens is 2. The lowest BCUT2D eigenvalue weighted by atomic mass is 9.80. The molecule has 4 nitrogen and oxygen atoms in total. The van der Waals surface area contributed by atoms with Crippen molar-refractivity contribution in [3.05, 3.63) is 28.2 Å². The predicted molar refractivity (Wildman–Crippen MR) is 78.4 cm³/mol. The average molecular weight is 318 g/mol. The molecule has 2 rings (SSSR count). The summed E-state index contributed by atoms with van der Waals surface area (Å²) in [6, 6.07) is 4.82. The molecule has 20 heavy (non-hydrogen) atoms. The average Bonchev–Trinajstić information content (AvgIpc) is 2.38. The topological polar surface area (TPSA) is 58.6 Å². The molecule has 1 aromatic carbocycles. The number of aliphatic hydroxyl groups is 1. The van der Waals surface area contributed by atoms with E-state index in [-0.39, 0.29) is 12.5 Å². The number of rotatable bonds is 5. The van der Waals surface area contributed by atoms with Crippen LogP contribution in [0.1, 0.15) is 26.2 Å². The Morgan fingerprint density at radius 3 is 2.70 bits per heavy atom. The third-order valence-electron chi connectivity index (χ3n) is 3.45. The second-order valence-electron chi connectivity index (χ2n) is 5.13. The highest BCUT2D eigenvalue weighted by Crippen LogP contribution is 2.30. The predicted octanol–water partition coefficient (Wildman–Crippen LogP) is 2.79. The summed E-state index contributed by atoms with van der Waals surface area (Å²) < 4.78 is 5.49. The quantitative estimate of drug-likeness (QED) is 0.878. The smallest absolute Gasteiger partial charge is 0.260 e. The van der Waals surface area contributed by atoms with E-state index in [4.69, 9.17) is 27.9 Å². The number of hydrogen-bond acceptors (Lipinski definition) is 3. The van der Waals surface area contributed by atoms with Gasteiger partial charge in [0, 0.05) is 12.6 Å². The zero-order chi connectivity index (χ0) is 14.8. The fraction of sp³-hybridized carbons (Fsp3) is 0.500. The van der Waals surface area contributed by atoms with Gasteiger partial charge in [0.25, 0.3) is 5.91 Å².